The summed E-state index contributed by atoms with van der Waals surface area (Å²) in [4.78, 5) is 1.37. The standard InChI is InChI=1S/C12H27NO9/c1-7(20-10(17)4-14)13(8(2)21-11(18)5-15)9(3)22-12(19)6-16/h7-12,14-19H,4-6H2,1-3H3. The number of nitrogens with zero attached hydrogens (tertiary/aromatic N) is 1. The topological polar surface area (TPSA) is 152 Å². The Morgan fingerprint density at radius 3 is 1.05 bits per heavy atom. The molecule has 0 aromatic heterocycles. The average Bonchev–Trinajstić information content (AvgIpc) is 2.46. The summed E-state index contributed by atoms with van der Waals surface area (Å²) in [5.41, 5.74) is 0. The number of hydrogen-bond donors (Lipinski definition) is 6. The van der Waals surface area contributed by atoms with Crippen LogP contribution in [0.2, 0.25) is 0 Å². The summed E-state index contributed by atoms with van der Waals surface area (Å²) in [7, 11) is 0. The van der Waals surface area contributed by atoms with Crippen LogP contribution < -0.4 is 0 Å². The average molecular weight is 329 g/mol. The summed E-state index contributed by atoms with van der Waals surface area (Å²) in [6, 6.07) is 0. The zero-order valence-electron chi connectivity index (χ0n) is 12.9. The van der Waals surface area contributed by atoms with Gasteiger partial charge in [-0.3, -0.25) is 0 Å². The predicted molar refractivity (Wildman–Crippen MR) is 72.8 cm³/mol. The largest absolute Gasteiger partial charge is 0.391 e. The molecule has 0 fully saturated rings. The molecule has 0 heterocycles. The van der Waals surface area contributed by atoms with Crippen LogP contribution in [0, 0.1) is 0 Å². The highest BCUT2D eigenvalue weighted by atomic mass is 16.7. The van der Waals surface area contributed by atoms with Crippen molar-refractivity contribution in [1.29, 1.82) is 0 Å². The molecule has 0 amide bonds. The van der Waals surface area contributed by atoms with Crippen LogP contribution >= 0.6 is 0 Å². The fourth-order valence-corrected chi connectivity index (χ4v) is 1.91. The van der Waals surface area contributed by atoms with Crippen LogP contribution in [0.1, 0.15) is 20.8 Å². The zero-order valence-corrected chi connectivity index (χ0v) is 12.9. The lowest BCUT2D eigenvalue weighted by molar-refractivity contribution is -0.297. The Bertz CT molecular complexity index is 241. The fourth-order valence-electron chi connectivity index (χ4n) is 1.91. The van der Waals surface area contributed by atoms with Crippen molar-refractivity contribution in [1.82, 2.24) is 4.90 Å². The number of ether oxygens (including phenoxy) is 3. The predicted octanol–water partition coefficient (Wildman–Crippen LogP) is -2.69. The van der Waals surface area contributed by atoms with E-state index in [1.54, 1.807) is 0 Å². The van der Waals surface area contributed by atoms with E-state index < -0.39 is 57.4 Å². The van der Waals surface area contributed by atoms with Gasteiger partial charge in [-0.25, -0.2) is 4.90 Å². The van der Waals surface area contributed by atoms with Gasteiger partial charge in [0.2, 0.25) is 0 Å². The Morgan fingerprint density at radius 2 is 0.864 bits per heavy atom. The minimum atomic E-state index is -1.44. The van der Waals surface area contributed by atoms with E-state index in [9.17, 15) is 15.3 Å². The number of aliphatic hydroxyl groups excluding tert-OH is 6. The molecule has 0 aliphatic rings. The highest BCUT2D eigenvalue weighted by Gasteiger charge is 2.31. The summed E-state index contributed by atoms with van der Waals surface area (Å²) < 4.78 is 15.4. The molecule has 0 rings (SSSR count). The van der Waals surface area contributed by atoms with Gasteiger partial charge in [-0.1, -0.05) is 0 Å². The Labute approximate surface area is 129 Å². The quantitative estimate of drug-likeness (QED) is 0.209. The van der Waals surface area contributed by atoms with Crippen LogP contribution in [0.15, 0.2) is 0 Å². The SMILES string of the molecule is CC(OC(O)CO)N(C(C)OC(O)CO)C(C)OC(O)CO. The van der Waals surface area contributed by atoms with E-state index in [-0.39, 0.29) is 0 Å². The molecular formula is C12H27NO9. The van der Waals surface area contributed by atoms with Gasteiger partial charge >= 0.3 is 0 Å². The summed E-state index contributed by atoms with van der Waals surface area (Å²) in [5, 5.41) is 54.4. The lowest BCUT2D eigenvalue weighted by Gasteiger charge is -2.39. The minimum absolute atomic E-state index is 0.624. The summed E-state index contributed by atoms with van der Waals surface area (Å²) >= 11 is 0. The van der Waals surface area contributed by atoms with Crippen LogP contribution in [0.4, 0.5) is 0 Å². The maximum Gasteiger partial charge on any atom is 0.179 e. The summed E-state index contributed by atoms with van der Waals surface area (Å²) in [6.07, 6.45) is -6.86. The van der Waals surface area contributed by atoms with E-state index in [2.05, 4.69) is 0 Å². The first-order valence-electron chi connectivity index (χ1n) is 6.87. The molecule has 0 aromatic rings. The Kier molecular flexibility index (Phi) is 11.0. The van der Waals surface area contributed by atoms with E-state index >= 15 is 0 Å². The first kappa shape index (κ1) is 21.6. The third kappa shape index (κ3) is 7.74. The van der Waals surface area contributed by atoms with Gasteiger partial charge in [0.05, 0.1) is 19.8 Å². The zero-order chi connectivity index (χ0) is 17.3. The van der Waals surface area contributed by atoms with Gasteiger partial charge in [-0.15, -0.1) is 0 Å². The second kappa shape index (κ2) is 11.2. The third-order valence-corrected chi connectivity index (χ3v) is 2.79. The Balaban J connectivity index is 4.94. The van der Waals surface area contributed by atoms with Crippen molar-refractivity contribution in [2.45, 2.75) is 58.3 Å². The van der Waals surface area contributed by atoms with Crippen molar-refractivity contribution in [3.05, 3.63) is 0 Å². The molecule has 0 saturated heterocycles. The van der Waals surface area contributed by atoms with Gasteiger partial charge in [0, 0.05) is 0 Å². The third-order valence-electron chi connectivity index (χ3n) is 2.79. The van der Waals surface area contributed by atoms with Gasteiger partial charge in [0.25, 0.3) is 0 Å². The lowest BCUT2D eigenvalue weighted by atomic mass is 10.4. The molecule has 0 spiro atoms. The maximum absolute atomic E-state index is 9.34. The van der Waals surface area contributed by atoms with Crippen molar-refractivity contribution >= 4 is 0 Å². The van der Waals surface area contributed by atoms with E-state index in [1.165, 1.54) is 25.7 Å². The van der Waals surface area contributed by atoms with Crippen molar-refractivity contribution < 1.29 is 44.8 Å². The molecule has 22 heavy (non-hydrogen) atoms. The van der Waals surface area contributed by atoms with E-state index in [0.717, 1.165) is 0 Å². The molecule has 0 aromatic carbocycles. The molecule has 6 atom stereocenters. The monoisotopic (exact) mass is 329 g/mol. The normalized spacial score (nSPS) is 20.5. The summed E-state index contributed by atoms with van der Waals surface area (Å²) in [6.45, 7) is 2.70. The first-order chi connectivity index (χ1) is 10.3. The van der Waals surface area contributed by atoms with Gasteiger partial charge in [-0.2, -0.15) is 0 Å². The van der Waals surface area contributed by atoms with Gasteiger partial charge < -0.3 is 44.8 Å². The van der Waals surface area contributed by atoms with Crippen LogP contribution in [0.25, 0.3) is 0 Å². The molecule has 0 radical (unpaired) electrons. The van der Waals surface area contributed by atoms with Crippen LogP contribution in [-0.4, -0.2) is 92.9 Å². The van der Waals surface area contributed by atoms with Gasteiger partial charge in [-0.05, 0) is 20.8 Å². The lowest BCUT2D eigenvalue weighted by Crippen LogP contribution is -2.52. The molecule has 10 nitrogen and oxygen atoms in total. The van der Waals surface area contributed by atoms with Crippen molar-refractivity contribution in [3.8, 4) is 0 Å². The molecule has 6 N–H and O–H groups in total. The molecule has 0 aliphatic carbocycles. The second-order valence-corrected chi connectivity index (χ2v) is 4.57. The van der Waals surface area contributed by atoms with Crippen LogP contribution in [0.3, 0.4) is 0 Å². The molecule has 10 heteroatoms. The van der Waals surface area contributed by atoms with Crippen LogP contribution in [-0.2, 0) is 14.2 Å². The Hall–Kier alpha value is -0.400. The van der Waals surface area contributed by atoms with E-state index in [0.29, 0.717) is 0 Å². The number of hydrogen-bond acceptors (Lipinski definition) is 10. The Morgan fingerprint density at radius 1 is 0.636 bits per heavy atom. The van der Waals surface area contributed by atoms with E-state index in [1.807, 2.05) is 0 Å². The number of rotatable bonds is 12. The summed E-state index contributed by atoms with van der Waals surface area (Å²) in [5.74, 6) is 0. The van der Waals surface area contributed by atoms with E-state index in [4.69, 9.17) is 29.5 Å². The van der Waals surface area contributed by atoms with Gasteiger partial charge in [0.1, 0.15) is 18.7 Å². The molecule has 134 valence electrons. The number of aliphatic hydroxyl groups is 6. The highest BCUT2D eigenvalue weighted by Crippen LogP contribution is 2.17. The molecule has 6 unspecified atom stereocenters. The van der Waals surface area contributed by atoms with Crippen molar-refractivity contribution in [3.63, 3.8) is 0 Å². The van der Waals surface area contributed by atoms with Crippen LogP contribution in [0.5, 0.6) is 0 Å². The molecule has 0 bridgehead atoms. The maximum atomic E-state index is 9.34. The molecule has 0 saturated carbocycles. The van der Waals surface area contributed by atoms with Crippen molar-refractivity contribution in [2.24, 2.45) is 0 Å². The van der Waals surface area contributed by atoms with Crippen molar-refractivity contribution in [2.75, 3.05) is 19.8 Å². The van der Waals surface area contributed by atoms with Gasteiger partial charge in [0.15, 0.2) is 18.9 Å². The molecule has 0 aliphatic heterocycles. The smallest absolute Gasteiger partial charge is 0.179 e. The second-order valence-electron chi connectivity index (χ2n) is 4.57. The minimum Gasteiger partial charge on any atom is -0.391 e. The molecular weight excluding hydrogens is 302 g/mol. The first-order valence-corrected chi connectivity index (χ1v) is 6.87. The fraction of sp³-hybridized carbons (Fsp3) is 1.00. The highest BCUT2D eigenvalue weighted by molar-refractivity contribution is 4.66.